The maximum Gasteiger partial charge on any atom is -0.00331 e. The zero-order valence-corrected chi connectivity index (χ0v) is 13.3. The zero-order chi connectivity index (χ0) is 16.4. The summed E-state index contributed by atoms with van der Waals surface area (Å²) < 4.78 is 0. The summed E-state index contributed by atoms with van der Waals surface area (Å²) in [7, 11) is 0. The molecule has 1 aliphatic rings. The largest absolute Gasteiger partial charge is 0.0984 e. The van der Waals surface area contributed by atoms with Gasteiger partial charge in [-0.2, -0.15) is 0 Å². The van der Waals surface area contributed by atoms with Gasteiger partial charge in [-0.05, 0) is 56.3 Å². The molecule has 0 fully saturated rings. The summed E-state index contributed by atoms with van der Waals surface area (Å²) in [6, 6.07) is 8.59. The summed E-state index contributed by atoms with van der Waals surface area (Å²) in [5.74, 6) is 0. The highest BCUT2D eigenvalue weighted by atomic mass is 14.1. The van der Waals surface area contributed by atoms with Crippen molar-refractivity contribution < 1.29 is 0 Å². The molecule has 0 unspecified atom stereocenters. The Morgan fingerprint density at radius 2 is 1.78 bits per heavy atom. The van der Waals surface area contributed by atoms with Gasteiger partial charge in [-0.25, -0.2) is 0 Å². The normalized spacial score (nSPS) is 12.5. The van der Waals surface area contributed by atoms with Crippen LogP contribution in [-0.2, 0) is 6.42 Å². The van der Waals surface area contributed by atoms with Crippen LogP contribution in [0.1, 0.15) is 22.3 Å². The van der Waals surface area contributed by atoms with Crippen LogP contribution >= 0.6 is 0 Å². The fourth-order valence-corrected chi connectivity index (χ4v) is 3.07. The Hall–Kier alpha value is -2.86. The second kappa shape index (κ2) is 6.10. The molecule has 23 heavy (non-hydrogen) atoms. The lowest BCUT2D eigenvalue weighted by molar-refractivity contribution is 1.26. The van der Waals surface area contributed by atoms with E-state index in [0.717, 1.165) is 39.1 Å². The maximum atomic E-state index is 4.24. The molecule has 0 N–H and O–H groups in total. The number of fused-ring (bicyclic) bond motifs is 1. The highest BCUT2D eigenvalue weighted by Gasteiger charge is 2.11. The minimum atomic E-state index is 0.926. The van der Waals surface area contributed by atoms with Gasteiger partial charge in [-0.3, -0.25) is 0 Å². The second-order valence-corrected chi connectivity index (χ2v) is 5.71. The lowest BCUT2D eigenvalue weighted by Crippen LogP contribution is -2.25. The molecule has 0 saturated heterocycles. The third kappa shape index (κ3) is 2.64. The predicted molar refractivity (Wildman–Crippen MR) is 104 cm³/mol. The molecule has 2 aromatic carbocycles. The second-order valence-electron chi connectivity index (χ2n) is 5.71. The fraction of sp³-hybridized carbons (Fsp3) is 0.0435. The molecule has 0 nitrogen and oxygen atoms in total. The van der Waals surface area contributed by atoms with Crippen molar-refractivity contribution in [3.63, 3.8) is 0 Å². The van der Waals surface area contributed by atoms with Crippen LogP contribution in [0.2, 0.25) is 0 Å². The smallest absolute Gasteiger partial charge is 0.00331 e. The van der Waals surface area contributed by atoms with E-state index < -0.39 is 0 Å². The molecule has 0 bridgehead atoms. The Morgan fingerprint density at radius 3 is 2.52 bits per heavy atom. The molecule has 112 valence electrons. The quantitative estimate of drug-likeness (QED) is 0.777. The summed E-state index contributed by atoms with van der Waals surface area (Å²) in [5.41, 5.74) is 6.94. The van der Waals surface area contributed by atoms with Crippen molar-refractivity contribution in [1.29, 1.82) is 0 Å². The Kier molecular flexibility index (Phi) is 3.99. The van der Waals surface area contributed by atoms with Gasteiger partial charge in [0.05, 0.1) is 0 Å². The van der Waals surface area contributed by atoms with Gasteiger partial charge in [0.2, 0.25) is 0 Å². The lowest BCUT2D eigenvalue weighted by Gasteiger charge is -2.14. The van der Waals surface area contributed by atoms with Crippen LogP contribution < -0.4 is 10.4 Å². The average molecular weight is 296 g/mol. The Balaban J connectivity index is 2.31. The van der Waals surface area contributed by atoms with Gasteiger partial charge in [0.15, 0.2) is 0 Å². The monoisotopic (exact) mass is 296 g/mol. The molecule has 0 spiro atoms. The van der Waals surface area contributed by atoms with Crippen molar-refractivity contribution in [2.24, 2.45) is 0 Å². The van der Waals surface area contributed by atoms with E-state index in [2.05, 4.69) is 68.8 Å². The van der Waals surface area contributed by atoms with Gasteiger partial charge in [0, 0.05) is 0 Å². The van der Waals surface area contributed by atoms with Gasteiger partial charge >= 0.3 is 0 Å². The lowest BCUT2D eigenvalue weighted by atomic mass is 9.90. The van der Waals surface area contributed by atoms with Crippen LogP contribution in [0.15, 0.2) is 55.7 Å². The van der Waals surface area contributed by atoms with Crippen LogP contribution in [0, 0.1) is 0 Å². The molecule has 0 aromatic heterocycles. The Bertz CT molecular complexity index is 953. The third-order valence-corrected chi connectivity index (χ3v) is 4.32. The first-order valence-electron chi connectivity index (χ1n) is 7.72. The molecule has 1 aliphatic carbocycles. The number of rotatable bonds is 3. The molecule has 0 heterocycles. The van der Waals surface area contributed by atoms with Crippen LogP contribution in [0.3, 0.4) is 0 Å². The molecule has 2 aromatic rings. The molecule has 3 rings (SSSR count). The van der Waals surface area contributed by atoms with Gasteiger partial charge in [-0.15, -0.1) is 0 Å². The highest BCUT2D eigenvalue weighted by Crippen LogP contribution is 2.27. The van der Waals surface area contributed by atoms with Gasteiger partial charge in [0.25, 0.3) is 0 Å². The number of benzene rings is 2. The van der Waals surface area contributed by atoms with Crippen molar-refractivity contribution in [1.82, 2.24) is 0 Å². The SMILES string of the molecule is C=Cc1cc(=C)c(=C)c(-c2ccc3c(c2)CC=CC=C3)c1C=C. The molecule has 0 amide bonds. The number of allylic oxidation sites excluding steroid dienone is 3. The van der Waals surface area contributed by atoms with E-state index in [9.17, 15) is 0 Å². The van der Waals surface area contributed by atoms with Gasteiger partial charge < -0.3 is 0 Å². The summed E-state index contributed by atoms with van der Waals surface area (Å²) in [4.78, 5) is 0. The van der Waals surface area contributed by atoms with E-state index in [1.165, 1.54) is 11.1 Å². The third-order valence-electron chi connectivity index (χ3n) is 4.32. The van der Waals surface area contributed by atoms with Gasteiger partial charge in [-0.1, -0.05) is 81.0 Å². The fourth-order valence-electron chi connectivity index (χ4n) is 3.07. The maximum absolute atomic E-state index is 4.24. The minimum absolute atomic E-state index is 0.926. The first kappa shape index (κ1) is 15.1. The van der Waals surface area contributed by atoms with Gasteiger partial charge in [0.1, 0.15) is 0 Å². The van der Waals surface area contributed by atoms with E-state index in [1.54, 1.807) is 0 Å². The van der Waals surface area contributed by atoms with E-state index in [4.69, 9.17) is 0 Å². The van der Waals surface area contributed by atoms with E-state index in [1.807, 2.05) is 18.2 Å². The van der Waals surface area contributed by atoms with Crippen molar-refractivity contribution in [2.75, 3.05) is 0 Å². The summed E-state index contributed by atoms with van der Waals surface area (Å²) in [6.45, 7) is 16.3. The topological polar surface area (TPSA) is 0 Å². The predicted octanol–water partition coefficient (Wildman–Crippen LogP) is 4.59. The first-order valence-corrected chi connectivity index (χ1v) is 7.72. The van der Waals surface area contributed by atoms with Crippen LogP contribution in [0.25, 0.3) is 42.5 Å². The van der Waals surface area contributed by atoms with Crippen molar-refractivity contribution in [3.05, 3.63) is 88.3 Å². The Morgan fingerprint density at radius 1 is 0.957 bits per heavy atom. The first-order chi connectivity index (χ1) is 11.2. The molecule has 0 radical (unpaired) electrons. The summed E-state index contributed by atoms with van der Waals surface area (Å²) in [5, 5.41) is 1.88. The average Bonchev–Trinajstić information content (AvgIpc) is 2.81. The number of hydrogen-bond donors (Lipinski definition) is 0. The molecule has 0 saturated carbocycles. The standard InChI is InChI=1S/C23H20/c1-5-18-14-16(3)17(4)23(22(18)6-2)21-13-12-19-10-8-7-9-11-20(19)15-21/h5-10,12-15H,1-4,11H2. The summed E-state index contributed by atoms with van der Waals surface area (Å²) >= 11 is 0. The zero-order valence-electron chi connectivity index (χ0n) is 13.3. The molecular weight excluding hydrogens is 276 g/mol. The van der Waals surface area contributed by atoms with Crippen molar-refractivity contribution in [3.8, 4) is 11.1 Å². The molecular formula is C23H20. The molecule has 0 atom stereocenters. The Labute approximate surface area is 137 Å². The highest BCUT2D eigenvalue weighted by molar-refractivity contribution is 5.82. The van der Waals surface area contributed by atoms with Crippen LogP contribution in [-0.4, -0.2) is 0 Å². The van der Waals surface area contributed by atoms with Crippen molar-refractivity contribution >= 4 is 31.4 Å². The minimum Gasteiger partial charge on any atom is -0.0984 e. The molecule has 0 heteroatoms. The van der Waals surface area contributed by atoms with Crippen molar-refractivity contribution in [2.45, 2.75) is 6.42 Å². The number of hydrogen-bond acceptors (Lipinski definition) is 0. The molecule has 0 aliphatic heterocycles. The van der Waals surface area contributed by atoms with Crippen LogP contribution in [0.4, 0.5) is 0 Å². The van der Waals surface area contributed by atoms with Crippen LogP contribution in [0.5, 0.6) is 0 Å². The summed E-state index contributed by atoms with van der Waals surface area (Å²) in [6.07, 6.45) is 13.2. The van der Waals surface area contributed by atoms with E-state index in [0.29, 0.717) is 0 Å². The van der Waals surface area contributed by atoms with E-state index >= 15 is 0 Å². The van der Waals surface area contributed by atoms with E-state index in [-0.39, 0.29) is 0 Å².